The maximum Gasteiger partial charge on any atom is 0.329 e. The molecule has 0 fully saturated rings. The molecule has 0 aliphatic heterocycles. The van der Waals surface area contributed by atoms with Crippen LogP contribution in [0.5, 0.6) is 0 Å². The average molecular weight is 398 g/mol. The van der Waals surface area contributed by atoms with E-state index in [9.17, 15) is 9.59 Å². The van der Waals surface area contributed by atoms with E-state index in [0.29, 0.717) is 13.1 Å². The topological polar surface area (TPSA) is 64.7 Å². The lowest BCUT2D eigenvalue weighted by Gasteiger charge is -2.04. The van der Waals surface area contributed by atoms with E-state index < -0.39 is 0 Å². The third-order valence-corrected chi connectivity index (χ3v) is 5.74. The highest BCUT2D eigenvalue weighted by Gasteiger charge is 2.16. The van der Waals surface area contributed by atoms with Crippen LogP contribution < -0.4 is 11.2 Å². The summed E-state index contributed by atoms with van der Waals surface area (Å²) >= 11 is 0. The van der Waals surface area contributed by atoms with Crippen LogP contribution in [-0.4, -0.2) is 18.7 Å². The van der Waals surface area contributed by atoms with E-state index in [4.69, 9.17) is 0 Å². The smallest absolute Gasteiger partial charge is 0.329 e. The van der Waals surface area contributed by atoms with Gasteiger partial charge in [-0.25, -0.2) is 4.79 Å². The average Bonchev–Trinajstić information content (AvgIpc) is 3.20. The number of nitrogens with one attached hydrogen (secondary N) is 1. The molecule has 3 aromatic heterocycles. The van der Waals surface area contributed by atoms with Crippen LogP contribution in [0.15, 0.2) is 76.6 Å². The van der Waals surface area contributed by atoms with E-state index in [2.05, 4.69) is 40.9 Å². The zero-order valence-corrected chi connectivity index (χ0v) is 16.9. The van der Waals surface area contributed by atoms with Gasteiger partial charge in [0.15, 0.2) is 0 Å². The standard InChI is InChI=1S/C24H22N4O2/c1-16-6-5-9-21-23(16)18(14-26(21)2)15-28-20-8-4-3-7-19(20)27(24(28)30)13-17-10-11-22(29)25-12-17/h3-12,14H,13,15H2,1-2H3,(H,25,29). The number of aryl methyl sites for hydroxylation is 2. The van der Waals surface area contributed by atoms with E-state index >= 15 is 0 Å². The quantitative estimate of drug-likeness (QED) is 0.504. The van der Waals surface area contributed by atoms with Crippen molar-refractivity contribution in [3.63, 3.8) is 0 Å². The van der Waals surface area contributed by atoms with E-state index in [1.165, 1.54) is 17.0 Å². The summed E-state index contributed by atoms with van der Waals surface area (Å²) in [4.78, 5) is 27.5. The number of aromatic nitrogens is 4. The van der Waals surface area contributed by atoms with Crippen LogP contribution in [0.25, 0.3) is 21.9 Å². The molecule has 30 heavy (non-hydrogen) atoms. The van der Waals surface area contributed by atoms with Crippen LogP contribution in [0.1, 0.15) is 16.7 Å². The molecule has 2 aromatic carbocycles. The largest absolute Gasteiger partial charge is 0.350 e. The van der Waals surface area contributed by atoms with E-state index in [-0.39, 0.29) is 11.2 Å². The Kier molecular flexibility index (Phi) is 4.20. The predicted molar refractivity (Wildman–Crippen MR) is 119 cm³/mol. The van der Waals surface area contributed by atoms with Crippen LogP contribution >= 0.6 is 0 Å². The molecule has 0 saturated carbocycles. The van der Waals surface area contributed by atoms with Crippen molar-refractivity contribution < 1.29 is 0 Å². The Balaban J connectivity index is 1.66. The highest BCUT2D eigenvalue weighted by atomic mass is 16.1. The number of nitrogens with zero attached hydrogens (tertiary/aromatic N) is 3. The molecule has 1 N–H and O–H groups in total. The summed E-state index contributed by atoms with van der Waals surface area (Å²) in [6.45, 7) is 3.01. The second-order valence-electron chi connectivity index (χ2n) is 7.74. The number of hydrogen-bond acceptors (Lipinski definition) is 2. The molecule has 0 radical (unpaired) electrons. The minimum absolute atomic E-state index is 0.0620. The first-order valence-electron chi connectivity index (χ1n) is 9.92. The number of para-hydroxylation sites is 2. The Morgan fingerprint density at radius 3 is 2.23 bits per heavy atom. The molecule has 6 nitrogen and oxygen atoms in total. The van der Waals surface area contributed by atoms with E-state index in [1.807, 2.05) is 35.9 Å². The summed E-state index contributed by atoms with van der Waals surface area (Å²) in [5.41, 5.74) is 5.93. The predicted octanol–water partition coefficient (Wildman–Crippen LogP) is 3.39. The fraction of sp³-hybridized carbons (Fsp3) is 0.167. The number of rotatable bonds is 4. The lowest BCUT2D eigenvalue weighted by atomic mass is 10.1. The molecule has 5 aromatic rings. The summed E-state index contributed by atoms with van der Waals surface area (Å²) in [5.74, 6) is 0. The summed E-state index contributed by atoms with van der Waals surface area (Å²) in [6, 6.07) is 17.4. The highest BCUT2D eigenvalue weighted by Crippen LogP contribution is 2.26. The Morgan fingerprint density at radius 1 is 0.833 bits per heavy atom. The second kappa shape index (κ2) is 6.91. The number of pyridine rings is 1. The van der Waals surface area contributed by atoms with Crippen LogP contribution in [0.4, 0.5) is 0 Å². The summed E-state index contributed by atoms with van der Waals surface area (Å²) < 4.78 is 5.71. The molecule has 0 amide bonds. The lowest BCUT2D eigenvalue weighted by molar-refractivity contribution is 0.700. The van der Waals surface area contributed by atoms with Gasteiger partial charge in [-0.05, 0) is 41.8 Å². The van der Waals surface area contributed by atoms with Crippen LogP contribution in [0.3, 0.4) is 0 Å². The number of fused-ring (bicyclic) bond motifs is 2. The Hall–Kier alpha value is -3.80. The normalized spacial score (nSPS) is 11.5. The number of H-pyrrole nitrogens is 1. The Labute approximate surface area is 172 Å². The van der Waals surface area contributed by atoms with Crippen molar-refractivity contribution >= 4 is 21.9 Å². The van der Waals surface area contributed by atoms with Crippen molar-refractivity contribution in [3.8, 4) is 0 Å². The van der Waals surface area contributed by atoms with Crippen molar-refractivity contribution in [2.75, 3.05) is 0 Å². The number of benzene rings is 2. The zero-order chi connectivity index (χ0) is 20.8. The Morgan fingerprint density at radius 2 is 1.53 bits per heavy atom. The van der Waals surface area contributed by atoms with Crippen molar-refractivity contribution in [2.24, 2.45) is 7.05 Å². The van der Waals surface area contributed by atoms with Gasteiger partial charge in [-0.15, -0.1) is 0 Å². The fourth-order valence-electron chi connectivity index (χ4n) is 4.32. The van der Waals surface area contributed by atoms with Gasteiger partial charge in [0.05, 0.1) is 24.1 Å². The fourth-order valence-corrected chi connectivity index (χ4v) is 4.32. The van der Waals surface area contributed by atoms with E-state index in [0.717, 1.165) is 27.7 Å². The van der Waals surface area contributed by atoms with Gasteiger partial charge >= 0.3 is 5.69 Å². The zero-order valence-electron chi connectivity index (χ0n) is 16.9. The molecule has 0 bridgehead atoms. The highest BCUT2D eigenvalue weighted by molar-refractivity contribution is 5.87. The van der Waals surface area contributed by atoms with Gasteiger partial charge in [-0.2, -0.15) is 0 Å². The molecule has 5 rings (SSSR count). The molecular weight excluding hydrogens is 376 g/mol. The Bertz CT molecular complexity index is 1490. The van der Waals surface area contributed by atoms with Crippen molar-refractivity contribution in [1.82, 2.24) is 18.7 Å². The van der Waals surface area contributed by atoms with Crippen molar-refractivity contribution in [3.05, 3.63) is 105 Å². The minimum Gasteiger partial charge on any atom is -0.350 e. The summed E-state index contributed by atoms with van der Waals surface area (Å²) in [7, 11) is 2.04. The van der Waals surface area contributed by atoms with Crippen LogP contribution in [0.2, 0.25) is 0 Å². The van der Waals surface area contributed by atoms with Gasteiger partial charge < -0.3 is 9.55 Å². The van der Waals surface area contributed by atoms with Gasteiger partial charge in [0, 0.05) is 36.4 Å². The molecule has 0 saturated heterocycles. The number of hydrogen-bond donors (Lipinski definition) is 1. The molecule has 3 heterocycles. The van der Waals surface area contributed by atoms with Gasteiger partial charge in [0.2, 0.25) is 5.56 Å². The molecule has 150 valence electrons. The van der Waals surface area contributed by atoms with Crippen molar-refractivity contribution in [2.45, 2.75) is 20.0 Å². The van der Waals surface area contributed by atoms with Gasteiger partial charge in [0.25, 0.3) is 0 Å². The molecule has 0 atom stereocenters. The van der Waals surface area contributed by atoms with Gasteiger partial charge in [-0.3, -0.25) is 13.9 Å². The number of imidazole rings is 1. The molecule has 0 aliphatic carbocycles. The third-order valence-electron chi connectivity index (χ3n) is 5.74. The van der Waals surface area contributed by atoms with Crippen LogP contribution in [0, 0.1) is 6.92 Å². The minimum atomic E-state index is -0.153. The first-order valence-corrected chi connectivity index (χ1v) is 9.92. The van der Waals surface area contributed by atoms with Gasteiger partial charge in [0.1, 0.15) is 0 Å². The maximum absolute atomic E-state index is 13.4. The second-order valence-corrected chi connectivity index (χ2v) is 7.74. The first-order chi connectivity index (χ1) is 14.5. The van der Waals surface area contributed by atoms with Gasteiger partial charge in [-0.1, -0.05) is 30.3 Å². The summed E-state index contributed by atoms with van der Waals surface area (Å²) in [5, 5.41) is 1.20. The lowest BCUT2D eigenvalue weighted by Crippen LogP contribution is -2.25. The monoisotopic (exact) mass is 398 g/mol. The van der Waals surface area contributed by atoms with E-state index in [1.54, 1.807) is 16.8 Å². The SMILES string of the molecule is Cc1cccc2c1c(Cn1c(=O)n(Cc3ccc(=O)[nH]c3)c3ccccc31)cn2C. The first kappa shape index (κ1) is 18.2. The number of aromatic amines is 1. The third kappa shape index (κ3) is 2.88. The molecule has 0 unspecified atom stereocenters. The molecule has 0 spiro atoms. The van der Waals surface area contributed by atoms with Crippen molar-refractivity contribution in [1.29, 1.82) is 0 Å². The summed E-state index contributed by atoms with van der Waals surface area (Å²) in [6.07, 6.45) is 3.77. The molecule has 6 heteroatoms. The molecular formula is C24H22N4O2. The maximum atomic E-state index is 13.4. The van der Waals surface area contributed by atoms with Crippen LogP contribution in [-0.2, 0) is 20.1 Å². The molecule has 0 aliphatic rings.